The Morgan fingerprint density at radius 3 is 2.68 bits per heavy atom. The molecule has 174 valence electrons. The summed E-state index contributed by atoms with van der Waals surface area (Å²) in [7, 11) is 1.34. The molecule has 0 spiro atoms. The summed E-state index contributed by atoms with van der Waals surface area (Å²) in [4.78, 5) is 37.3. The molecule has 1 amide bonds. The fourth-order valence-electron chi connectivity index (χ4n) is 3.35. The molecule has 8 nitrogen and oxygen atoms in total. The van der Waals surface area contributed by atoms with E-state index in [1.807, 2.05) is 30.5 Å². The number of halogens is 1. The summed E-state index contributed by atoms with van der Waals surface area (Å²) < 4.78 is 18.9. The molecule has 0 unspecified atom stereocenters. The average Bonchev–Trinajstić information content (AvgIpc) is 3.32. The normalized spacial score (nSPS) is 11.7. The van der Waals surface area contributed by atoms with Gasteiger partial charge in [0.2, 0.25) is 5.95 Å². The molecule has 34 heavy (non-hydrogen) atoms. The molecule has 0 fully saturated rings. The van der Waals surface area contributed by atoms with Gasteiger partial charge in [-0.05, 0) is 54.1 Å². The monoisotopic (exact) mass is 479 g/mol. The Bertz CT molecular complexity index is 1330. The highest BCUT2D eigenvalue weighted by molar-refractivity contribution is 7.17. The number of thiophene rings is 1. The van der Waals surface area contributed by atoms with E-state index in [9.17, 15) is 14.0 Å². The SMILES string of the molecule is COC(=O)c1ccc(CCNC(=O)c2nc(N[C@@H](C)c3cncc(F)c3)nc3ccsc23)cc1. The number of rotatable bonds is 8. The molecule has 1 atom stereocenters. The molecule has 3 aromatic heterocycles. The van der Waals surface area contributed by atoms with Crippen molar-refractivity contribution < 1.29 is 18.7 Å². The van der Waals surface area contributed by atoms with Gasteiger partial charge in [-0.1, -0.05) is 12.1 Å². The first-order chi connectivity index (χ1) is 16.4. The standard InChI is InChI=1S/C24H22FN5O3S/c1-14(17-11-18(25)13-26-12-17)28-24-29-19-8-10-34-21(19)20(30-24)22(31)27-9-7-15-3-5-16(6-4-15)23(32)33-2/h3-6,8,10-14H,7,9H2,1-2H3,(H,27,31)(H,28,29,30)/t14-/m0/s1. The number of hydrogen-bond donors (Lipinski definition) is 2. The number of ether oxygens (including phenoxy) is 1. The van der Waals surface area contributed by atoms with Crippen molar-refractivity contribution in [2.75, 3.05) is 19.0 Å². The molecule has 0 aliphatic rings. The first kappa shape index (κ1) is 23.2. The molecule has 3 heterocycles. The van der Waals surface area contributed by atoms with Gasteiger partial charge in [-0.25, -0.2) is 19.2 Å². The van der Waals surface area contributed by atoms with Crippen molar-refractivity contribution in [1.82, 2.24) is 20.3 Å². The van der Waals surface area contributed by atoms with Crippen LogP contribution in [-0.2, 0) is 11.2 Å². The summed E-state index contributed by atoms with van der Waals surface area (Å²) in [6, 6.07) is 9.92. The quantitative estimate of drug-likeness (QED) is 0.366. The van der Waals surface area contributed by atoms with Crippen LogP contribution in [0.5, 0.6) is 0 Å². The lowest BCUT2D eigenvalue weighted by molar-refractivity contribution is 0.0600. The molecule has 0 aliphatic carbocycles. The Morgan fingerprint density at radius 2 is 1.94 bits per heavy atom. The lowest BCUT2D eigenvalue weighted by Crippen LogP contribution is -2.27. The van der Waals surface area contributed by atoms with Crippen molar-refractivity contribution in [2.24, 2.45) is 0 Å². The zero-order chi connectivity index (χ0) is 24.1. The number of fused-ring (bicyclic) bond motifs is 1. The van der Waals surface area contributed by atoms with Crippen LogP contribution in [0, 0.1) is 5.82 Å². The van der Waals surface area contributed by atoms with Gasteiger partial charge in [-0.15, -0.1) is 11.3 Å². The van der Waals surface area contributed by atoms with Crippen LogP contribution in [0.2, 0.25) is 0 Å². The average molecular weight is 480 g/mol. The topological polar surface area (TPSA) is 106 Å². The maximum absolute atomic E-state index is 13.5. The predicted molar refractivity (Wildman–Crippen MR) is 127 cm³/mol. The molecule has 0 aliphatic heterocycles. The fraction of sp³-hybridized carbons (Fsp3) is 0.208. The number of pyridine rings is 1. The molecule has 2 N–H and O–H groups in total. The van der Waals surface area contributed by atoms with Crippen molar-refractivity contribution in [3.05, 3.63) is 82.4 Å². The van der Waals surface area contributed by atoms with Crippen molar-refractivity contribution in [3.63, 3.8) is 0 Å². The van der Waals surface area contributed by atoms with Crippen LogP contribution in [0.4, 0.5) is 10.3 Å². The van der Waals surface area contributed by atoms with Crippen molar-refractivity contribution in [3.8, 4) is 0 Å². The van der Waals surface area contributed by atoms with Crippen LogP contribution in [-0.4, -0.2) is 40.5 Å². The second-order valence-corrected chi connectivity index (χ2v) is 8.44. The first-order valence-electron chi connectivity index (χ1n) is 10.5. The molecule has 10 heteroatoms. The zero-order valence-electron chi connectivity index (χ0n) is 18.5. The second-order valence-electron chi connectivity index (χ2n) is 7.53. The van der Waals surface area contributed by atoms with Gasteiger partial charge in [0.15, 0.2) is 5.69 Å². The number of nitrogens with zero attached hydrogens (tertiary/aromatic N) is 3. The van der Waals surface area contributed by atoms with Gasteiger partial charge in [0.1, 0.15) is 5.82 Å². The Hall–Kier alpha value is -3.92. The lowest BCUT2D eigenvalue weighted by Gasteiger charge is -2.15. The van der Waals surface area contributed by atoms with E-state index in [4.69, 9.17) is 4.74 Å². The predicted octanol–water partition coefficient (Wildman–Crippen LogP) is 4.16. The Morgan fingerprint density at radius 1 is 1.15 bits per heavy atom. The minimum atomic E-state index is -0.430. The molecular weight excluding hydrogens is 457 g/mol. The number of nitrogens with one attached hydrogen (secondary N) is 2. The number of aromatic nitrogens is 3. The molecule has 0 saturated carbocycles. The number of carbonyl (C=O) groups excluding carboxylic acids is 2. The largest absolute Gasteiger partial charge is 0.465 e. The summed E-state index contributed by atoms with van der Waals surface area (Å²) in [5, 5.41) is 7.87. The van der Waals surface area contributed by atoms with Gasteiger partial charge in [0.05, 0.1) is 35.1 Å². The highest BCUT2D eigenvalue weighted by Gasteiger charge is 2.17. The van der Waals surface area contributed by atoms with Crippen LogP contribution in [0.25, 0.3) is 10.2 Å². The van der Waals surface area contributed by atoms with Gasteiger partial charge in [-0.3, -0.25) is 9.78 Å². The number of anilines is 1. The number of amides is 1. The van der Waals surface area contributed by atoms with Gasteiger partial charge < -0.3 is 15.4 Å². The minimum Gasteiger partial charge on any atom is -0.465 e. The molecular formula is C24H22FN5O3S. The summed E-state index contributed by atoms with van der Waals surface area (Å²) in [5.41, 5.74) is 3.00. The van der Waals surface area contributed by atoms with Crippen LogP contribution < -0.4 is 10.6 Å². The summed E-state index contributed by atoms with van der Waals surface area (Å²) in [5.74, 6) is -0.869. The Kier molecular flexibility index (Phi) is 7.07. The van der Waals surface area contributed by atoms with Crippen molar-refractivity contribution >= 4 is 39.4 Å². The third-order valence-electron chi connectivity index (χ3n) is 5.16. The van der Waals surface area contributed by atoms with Gasteiger partial charge in [0, 0.05) is 12.7 Å². The van der Waals surface area contributed by atoms with Crippen LogP contribution in [0.1, 0.15) is 44.9 Å². The van der Waals surface area contributed by atoms with Crippen LogP contribution in [0.3, 0.4) is 0 Å². The summed E-state index contributed by atoms with van der Waals surface area (Å²) in [6.45, 7) is 2.23. The van der Waals surface area contributed by atoms with Gasteiger partial charge in [0.25, 0.3) is 5.91 Å². The van der Waals surface area contributed by atoms with Gasteiger partial charge >= 0.3 is 5.97 Å². The summed E-state index contributed by atoms with van der Waals surface area (Å²) >= 11 is 1.39. The Balaban J connectivity index is 1.45. The number of hydrogen-bond acceptors (Lipinski definition) is 8. The van der Waals surface area contributed by atoms with E-state index in [0.29, 0.717) is 34.3 Å². The lowest BCUT2D eigenvalue weighted by atomic mass is 10.1. The highest BCUT2D eigenvalue weighted by Crippen LogP contribution is 2.25. The third-order valence-corrected chi connectivity index (χ3v) is 6.07. The number of methoxy groups -OCH3 is 1. The molecule has 0 saturated heterocycles. The van der Waals surface area contributed by atoms with E-state index in [1.54, 1.807) is 18.3 Å². The maximum Gasteiger partial charge on any atom is 0.337 e. The zero-order valence-corrected chi connectivity index (χ0v) is 19.4. The fourth-order valence-corrected chi connectivity index (χ4v) is 4.17. The van der Waals surface area contributed by atoms with Crippen LogP contribution >= 0.6 is 11.3 Å². The molecule has 1 aromatic carbocycles. The van der Waals surface area contributed by atoms with E-state index in [0.717, 1.165) is 11.8 Å². The third kappa shape index (κ3) is 5.34. The second kappa shape index (κ2) is 10.3. The maximum atomic E-state index is 13.5. The van der Waals surface area contributed by atoms with Crippen LogP contribution in [0.15, 0.2) is 54.2 Å². The van der Waals surface area contributed by atoms with E-state index < -0.39 is 11.8 Å². The van der Waals surface area contributed by atoms with Crippen molar-refractivity contribution in [2.45, 2.75) is 19.4 Å². The number of benzene rings is 1. The first-order valence-corrected chi connectivity index (χ1v) is 11.4. The molecule has 0 radical (unpaired) electrons. The van der Waals surface area contributed by atoms with Crippen molar-refractivity contribution in [1.29, 1.82) is 0 Å². The van der Waals surface area contributed by atoms with E-state index in [1.165, 1.54) is 24.5 Å². The minimum absolute atomic E-state index is 0.270. The van der Waals surface area contributed by atoms with E-state index >= 15 is 0 Å². The Labute approximate surface area is 199 Å². The molecule has 0 bridgehead atoms. The molecule has 4 rings (SSSR count). The smallest absolute Gasteiger partial charge is 0.337 e. The summed E-state index contributed by atoms with van der Waals surface area (Å²) in [6.07, 6.45) is 3.29. The highest BCUT2D eigenvalue weighted by atomic mass is 32.1. The van der Waals surface area contributed by atoms with E-state index in [2.05, 4.69) is 25.6 Å². The number of esters is 1. The van der Waals surface area contributed by atoms with Gasteiger partial charge in [-0.2, -0.15) is 0 Å². The molecule has 4 aromatic rings. The number of carbonyl (C=O) groups is 2. The van der Waals surface area contributed by atoms with E-state index in [-0.39, 0.29) is 23.6 Å².